The SMILES string of the molecule is CCNC(=NCc1cccc(NC(=O)C(C)CC)c1)NCCCOCC(C)C.I. The number of carbonyl (C=O) groups is 1. The fourth-order valence-electron chi connectivity index (χ4n) is 2.41. The van der Waals surface area contributed by atoms with Gasteiger partial charge in [-0.1, -0.05) is 39.8 Å². The summed E-state index contributed by atoms with van der Waals surface area (Å²) in [4.78, 5) is 16.7. The van der Waals surface area contributed by atoms with Gasteiger partial charge in [-0.3, -0.25) is 4.79 Å². The molecule has 1 unspecified atom stereocenters. The Morgan fingerprint density at radius 3 is 2.59 bits per heavy atom. The van der Waals surface area contributed by atoms with Crippen molar-refractivity contribution in [1.82, 2.24) is 10.6 Å². The molecule has 1 atom stereocenters. The van der Waals surface area contributed by atoms with E-state index in [0.29, 0.717) is 12.5 Å². The Morgan fingerprint density at radius 2 is 1.93 bits per heavy atom. The minimum Gasteiger partial charge on any atom is -0.381 e. The number of nitrogens with one attached hydrogen (secondary N) is 3. The molecule has 7 heteroatoms. The lowest BCUT2D eigenvalue weighted by molar-refractivity contribution is -0.119. The largest absolute Gasteiger partial charge is 0.381 e. The first kappa shape index (κ1) is 27.6. The molecular formula is C22H39IN4O2. The van der Waals surface area contributed by atoms with E-state index in [0.717, 1.165) is 56.4 Å². The Morgan fingerprint density at radius 1 is 1.17 bits per heavy atom. The minimum absolute atomic E-state index is 0. The van der Waals surface area contributed by atoms with Crippen molar-refractivity contribution >= 4 is 41.5 Å². The van der Waals surface area contributed by atoms with E-state index in [1.165, 1.54) is 0 Å². The third-order valence-electron chi connectivity index (χ3n) is 4.23. The summed E-state index contributed by atoms with van der Waals surface area (Å²) in [5.74, 6) is 1.42. The first-order chi connectivity index (χ1) is 13.5. The van der Waals surface area contributed by atoms with Crippen LogP contribution in [0.3, 0.4) is 0 Å². The topological polar surface area (TPSA) is 74.8 Å². The summed E-state index contributed by atoms with van der Waals surface area (Å²) in [6, 6.07) is 7.86. The predicted octanol–water partition coefficient (Wildman–Crippen LogP) is 4.41. The maximum atomic E-state index is 12.1. The smallest absolute Gasteiger partial charge is 0.227 e. The van der Waals surface area contributed by atoms with Crippen LogP contribution in [0.2, 0.25) is 0 Å². The molecular weight excluding hydrogens is 479 g/mol. The van der Waals surface area contributed by atoms with Crippen molar-refractivity contribution in [3.63, 3.8) is 0 Å². The number of hydrogen-bond donors (Lipinski definition) is 3. The Balaban J connectivity index is 0.00000784. The van der Waals surface area contributed by atoms with Crippen LogP contribution in [0.15, 0.2) is 29.3 Å². The van der Waals surface area contributed by atoms with E-state index in [1.54, 1.807) is 0 Å². The average Bonchev–Trinajstić information content (AvgIpc) is 2.68. The molecule has 0 saturated carbocycles. The molecule has 1 aromatic rings. The molecule has 0 spiro atoms. The van der Waals surface area contributed by atoms with Crippen molar-refractivity contribution in [3.05, 3.63) is 29.8 Å². The second kappa shape index (κ2) is 16.4. The molecule has 0 aliphatic rings. The van der Waals surface area contributed by atoms with Crippen molar-refractivity contribution in [2.75, 3.05) is 31.6 Å². The maximum absolute atomic E-state index is 12.1. The standard InChI is InChI=1S/C22H38N4O2.HI/c1-6-18(5)21(27)26-20-11-8-10-19(14-20)15-25-22(23-7-2)24-12-9-13-28-16-17(3)4;/h8,10-11,14,17-18H,6-7,9,12-13,15-16H2,1-5H3,(H,26,27)(H2,23,24,25);1H. The second-order valence-corrected chi connectivity index (χ2v) is 7.44. The number of nitrogens with zero attached hydrogens (tertiary/aromatic N) is 1. The maximum Gasteiger partial charge on any atom is 0.227 e. The Labute approximate surface area is 193 Å². The molecule has 0 aromatic heterocycles. The summed E-state index contributed by atoms with van der Waals surface area (Å²) in [5, 5.41) is 9.57. The fourth-order valence-corrected chi connectivity index (χ4v) is 2.41. The highest BCUT2D eigenvalue weighted by atomic mass is 127. The van der Waals surface area contributed by atoms with E-state index >= 15 is 0 Å². The molecule has 0 aliphatic heterocycles. The van der Waals surface area contributed by atoms with Gasteiger partial charge in [0, 0.05) is 37.9 Å². The van der Waals surface area contributed by atoms with Gasteiger partial charge in [0.15, 0.2) is 5.96 Å². The average molecular weight is 518 g/mol. The van der Waals surface area contributed by atoms with Gasteiger partial charge in [-0.25, -0.2) is 4.99 Å². The van der Waals surface area contributed by atoms with Gasteiger partial charge in [-0.2, -0.15) is 0 Å². The molecule has 1 amide bonds. The molecule has 166 valence electrons. The molecule has 0 radical (unpaired) electrons. The minimum atomic E-state index is 0. The number of hydrogen-bond acceptors (Lipinski definition) is 3. The number of carbonyl (C=O) groups excluding carboxylic acids is 1. The Bertz CT molecular complexity index is 608. The van der Waals surface area contributed by atoms with Crippen LogP contribution in [0.25, 0.3) is 0 Å². The summed E-state index contributed by atoms with van der Waals surface area (Å²) in [7, 11) is 0. The van der Waals surface area contributed by atoms with E-state index in [4.69, 9.17) is 4.74 Å². The van der Waals surface area contributed by atoms with Crippen LogP contribution < -0.4 is 16.0 Å². The van der Waals surface area contributed by atoms with Gasteiger partial charge in [0.2, 0.25) is 5.91 Å². The predicted molar refractivity (Wildman–Crippen MR) is 133 cm³/mol. The van der Waals surface area contributed by atoms with Gasteiger partial charge >= 0.3 is 0 Å². The van der Waals surface area contributed by atoms with Gasteiger partial charge in [0.05, 0.1) is 6.54 Å². The number of benzene rings is 1. The molecule has 29 heavy (non-hydrogen) atoms. The van der Waals surface area contributed by atoms with Gasteiger partial charge < -0.3 is 20.7 Å². The zero-order chi connectivity index (χ0) is 20.8. The first-order valence-corrected chi connectivity index (χ1v) is 10.5. The number of aliphatic imine (C=N–C) groups is 1. The second-order valence-electron chi connectivity index (χ2n) is 7.44. The molecule has 0 saturated heterocycles. The van der Waals surface area contributed by atoms with Crippen molar-refractivity contribution in [1.29, 1.82) is 0 Å². The van der Waals surface area contributed by atoms with E-state index in [9.17, 15) is 4.79 Å². The van der Waals surface area contributed by atoms with Gasteiger partial charge in [0.25, 0.3) is 0 Å². The van der Waals surface area contributed by atoms with Crippen LogP contribution in [0.4, 0.5) is 5.69 Å². The summed E-state index contributed by atoms with van der Waals surface area (Å²) in [5.41, 5.74) is 1.87. The van der Waals surface area contributed by atoms with Crippen LogP contribution >= 0.6 is 24.0 Å². The molecule has 1 aromatic carbocycles. The quantitative estimate of drug-likeness (QED) is 0.166. The molecule has 0 aliphatic carbocycles. The van der Waals surface area contributed by atoms with E-state index in [2.05, 4.69) is 34.8 Å². The highest BCUT2D eigenvalue weighted by Crippen LogP contribution is 2.13. The van der Waals surface area contributed by atoms with Crippen molar-refractivity contribution in [2.45, 2.75) is 54.0 Å². The number of guanidine groups is 1. The van der Waals surface area contributed by atoms with Gasteiger partial charge in [-0.05, 0) is 43.4 Å². The van der Waals surface area contributed by atoms with Crippen molar-refractivity contribution in [2.24, 2.45) is 16.8 Å². The highest BCUT2D eigenvalue weighted by Gasteiger charge is 2.10. The van der Waals surface area contributed by atoms with Crippen molar-refractivity contribution < 1.29 is 9.53 Å². The number of halogens is 1. The van der Waals surface area contributed by atoms with Crippen LogP contribution in [0.1, 0.15) is 53.0 Å². The lowest BCUT2D eigenvalue weighted by Crippen LogP contribution is -2.38. The van der Waals surface area contributed by atoms with Crippen LogP contribution in [-0.2, 0) is 16.1 Å². The van der Waals surface area contributed by atoms with Crippen molar-refractivity contribution in [3.8, 4) is 0 Å². The number of ether oxygens (including phenoxy) is 1. The number of rotatable bonds is 12. The summed E-state index contributed by atoms with van der Waals surface area (Å²) in [6.45, 7) is 14.0. The zero-order valence-electron chi connectivity index (χ0n) is 18.6. The lowest BCUT2D eigenvalue weighted by Gasteiger charge is -2.13. The summed E-state index contributed by atoms with van der Waals surface area (Å²) >= 11 is 0. The van der Waals surface area contributed by atoms with Crippen LogP contribution in [-0.4, -0.2) is 38.2 Å². The lowest BCUT2D eigenvalue weighted by atomic mass is 10.1. The molecule has 3 N–H and O–H groups in total. The number of anilines is 1. The Kier molecular flexibility index (Phi) is 15.7. The molecule has 1 rings (SSSR count). The van der Waals surface area contributed by atoms with Gasteiger partial charge in [-0.15, -0.1) is 24.0 Å². The number of amides is 1. The van der Waals surface area contributed by atoms with E-state index in [-0.39, 0.29) is 35.8 Å². The normalized spacial score (nSPS) is 12.3. The van der Waals surface area contributed by atoms with E-state index in [1.807, 2.05) is 45.0 Å². The molecule has 6 nitrogen and oxygen atoms in total. The first-order valence-electron chi connectivity index (χ1n) is 10.5. The summed E-state index contributed by atoms with van der Waals surface area (Å²) in [6.07, 6.45) is 1.77. The summed E-state index contributed by atoms with van der Waals surface area (Å²) < 4.78 is 5.60. The van der Waals surface area contributed by atoms with Gasteiger partial charge in [0.1, 0.15) is 0 Å². The molecule has 0 bridgehead atoms. The highest BCUT2D eigenvalue weighted by molar-refractivity contribution is 14.0. The fraction of sp³-hybridized carbons (Fsp3) is 0.636. The monoisotopic (exact) mass is 518 g/mol. The van der Waals surface area contributed by atoms with E-state index < -0.39 is 0 Å². The molecule has 0 heterocycles. The third kappa shape index (κ3) is 12.7. The third-order valence-corrected chi connectivity index (χ3v) is 4.23. The van der Waals surface area contributed by atoms with Crippen LogP contribution in [0.5, 0.6) is 0 Å². The zero-order valence-corrected chi connectivity index (χ0v) is 20.9. The Hall–Kier alpha value is -1.35. The molecule has 0 fully saturated rings. The van der Waals surface area contributed by atoms with Crippen LogP contribution in [0, 0.1) is 11.8 Å².